The first-order valence-electron chi connectivity index (χ1n) is 8.69. The normalized spacial score (nSPS) is 12.0. The summed E-state index contributed by atoms with van der Waals surface area (Å²) >= 11 is 0. The number of hydrogen-bond donors (Lipinski definition) is 2. The zero-order chi connectivity index (χ0) is 22.8. The third kappa shape index (κ3) is 5.00. The van der Waals surface area contributed by atoms with Crippen molar-refractivity contribution in [3.05, 3.63) is 76.1 Å². The van der Waals surface area contributed by atoms with Crippen molar-refractivity contribution in [3.8, 4) is 5.69 Å². The van der Waals surface area contributed by atoms with Crippen LogP contribution in [0.15, 0.2) is 59.6 Å². The van der Waals surface area contributed by atoms with Crippen LogP contribution < -0.4 is 10.0 Å². The molecule has 13 heteroatoms. The molecule has 0 amide bonds. The zero-order valence-electron chi connectivity index (χ0n) is 15.9. The van der Waals surface area contributed by atoms with E-state index in [9.17, 15) is 31.7 Å². The van der Waals surface area contributed by atoms with Gasteiger partial charge in [0, 0.05) is 18.8 Å². The molecule has 2 N–H and O–H groups in total. The first-order chi connectivity index (χ1) is 14.5. The molecule has 0 aliphatic heterocycles. The molecule has 0 unspecified atom stereocenters. The van der Waals surface area contributed by atoms with Crippen molar-refractivity contribution < 1.29 is 26.5 Å². The molecule has 3 aromatic rings. The standard InChI is InChI=1S/C18H16F3N5O4S/c1-22-31(29,30)14-6-7-15(16(10-14)26(27)28)23-11-12-2-4-13(5-3-12)25-9-8-17(24-25)18(19,20)21/h2-10,22-23H,11H2,1H3. The van der Waals surface area contributed by atoms with Gasteiger partial charge in [-0.1, -0.05) is 12.1 Å². The molecule has 164 valence electrons. The van der Waals surface area contributed by atoms with E-state index in [1.165, 1.54) is 25.4 Å². The highest BCUT2D eigenvalue weighted by Crippen LogP contribution is 2.29. The molecule has 0 spiro atoms. The van der Waals surface area contributed by atoms with E-state index < -0.39 is 32.5 Å². The van der Waals surface area contributed by atoms with Gasteiger partial charge in [-0.3, -0.25) is 10.1 Å². The maximum atomic E-state index is 12.7. The zero-order valence-corrected chi connectivity index (χ0v) is 16.7. The molecule has 0 bridgehead atoms. The molecule has 0 atom stereocenters. The highest BCUT2D eigenvalue weighted by molar-refractivity contribution is 7.89. The molecular weight excluding hydrogens is 439 g/mol. The number of aromatic nitrogens is 2. The predicted octanol–water partition coefficient (Wildman–Crippen LogP) is 3.32. The molecule has 2 aromatic carbocycles. The third-order valence-corrected chi connectivity index (χ3v) is 5.72. The van der Waals surface area contributed by atoms with Crippen LogP contribution in [-0.4, -0.2) is 30.2 Å². The van der Waals surface area contributed by atoms with E-state index in [1.807, 2.05) is 0 Å². The Balaban J connectivity index is 1.76. The summed E-state index contributed by atoms with van der Waals surface area (Å²) in [5.41, 5.74) is -0.204. The molecule has 0 fully saturated rings. The number of rotatable bonds is 7. The molecule has 1 aromatic heterocycles. The summed E-state index contributed by atoms with van der Waals surface area (Å²) in [6.45, 7) is 0.159. The van der Waals surface area contributed by atoms with Crippen molar-refractivity contribution >= 4 is 21.4 Å². The van der Waals surface area contributed by atoms with Crippen molar-refractivity contribution in [3.63, 3.8) is 0 Å². The van der Waals surface area contributed by atoms with E-state index in [4.69, 9.17) is 0 Å². The molecule has 1 heterocycles. The number of nitrogens with zero attached hydrogens (tertiary/aromatic N) is 3. The minimum Gasteiger partial charge on any atom is -0.375 e. The molecule has 0 aliphatic carbocycles. The number of sulfonamides is 1. The number of nitro groups is 1. The van der Waals surface area contributed by atoms with Crippen molar-refractivity contribution in [2.24, 2.45) is 0 Å². The van der Waals surface area contributed by atoms with Gasteiger partial charge in [0.25, 0.3) is 5.69 Å². The Hall–Kier alpha value is -3.45. The van der Waals surface area contributed by atoms with Crippen LogP contribution in [0.25, 0.3) is 5.69 Å². The fraction of sp³-hybridized carbons (Fsp3) is 0.167. The summed E-state index contributed by atoms with van der Waals surface area (Å²) < 4.78 is 64.9. The van der Waals surface area contributed by atoms with Crippen LogP contribution in [0.1, 0.15) is 11.3 Å². The first kappa shape index (κ1) is 22.2. The molecule has 0 saturated heterocycles. The van der Waals surface area contributed by atoms with Crippen molar-refractivity contribution in [1.29, 1.82) is 0 Å². The second-order valence-corrected chi connectivity index (χ2v) is 8.19. The summed E-state index contributed by atoms with van der Waals surface area (Å²) in [5, 5.41) is 17.7. The summed E-state index contributed by atoms with van der Waals surface area (Å²) in [7, 11) is -2.64. The second-order valence-electron chi connectivity index (χ2n) is 6.31. The lowest BCUT2D eigenvalue weighted by molar-refractivity contribution is -0.384. The summed E-state index contributed by atoms with van der Waals surface area (Å²) in [6.07, 6.45) is -3.34. The van der Waals surface area contributed by atoms with Gasteiger partial charge in [-0.15, -0.1) is 0 Å². The van der Waals surface area contributed by atoms with Gasteiger partial charge in [-0.2, -0.15) is 18.3 Å². The van der Waals surface area contributed by atoms with Crippen molar-refractivity contribution in [1.82, 2.24) is 14.5 Å². The third-order valence-electron chi connectivity index (χ3n) is 4.31. The van der Waals surface area contributed by atoms with Gasteiger partial charge in [-0.25, -0.2) is 17.8 Å². The van der Waals surface area contributed by atoms with E-state index in [0.29, 0.717) is 11.3 Å². The van der Waals surface area contributed by atoms with Crippen molar-refractivity contribution in [2.45, 2.75) is 17.6 Å². The number of nitro benzene ring substituents is 1. The number of alkyl halides is 3. The average Bonchev–Trinajstić information content (AvgIpc) is 3.23. The van der Waals surface area contributed by atoms with Crippen LogP contribution in [0.2, 0.25) is 0 Å². The summed E-state index contributed by atoms with van der Waals surface area (Å²) in [4.78, 5) is 10.4. The fourth-order valence-corrected chi connectivity index (χ4v) is 3.43. The van der Waals surface area contributed by atoms with E-state index in [2.05, 4.69) is 15.1 Å². The lowest BCUT2D eigenvalue weighted by Gasteiger charge is -2.10. The summed E-state index contributed by atoms with van der Waals surface area (Å²) in [5.74, 6) is 0. The average molecular weight is 455 g/mol. The van der Waals surface area contributed by atoms with E-state index in [1.54, 1.807) is 24.3 Å². The molecule has 0 aliphatic rings. The van der Waals surface area contributed by atoms with E-state index in [-0.39, 0.29) is 17.1 Å². The summed E-state index contributed by atoms with van der Waals surface area (Å²) in [6, 6.07) is 10.7. The minimum absolute atomic E-state index is 0.117. The lowest BCUT2D eigenvalue weighted by atomic mass is 10.2. The quantitative estimate of drug-likeness (QED) is 0.417. The maximum Gasteiger partial charge on any atom is 0.435 e. The van der Waals surface area contributed by atoms with Crippen LogP contribution in [-0.2, 0) is 22.7 Å². The number of anilines is 1. The molecule has 0 saturated carbocycles. The Morgan fingerprint density at radius 2 is 1.81 bits per heavy atom. The molecule has 3 rings (SSSR count). The fourth-order valence-electron chi connectivity index (χ4n) is 2.68. The topological polar surface area (TPSA) is 119 Å². The van der Waals surface area contributed by atoms with E-state index in [0.717, 1.165) is 16.8 Å². The van der Waals surface area contributed by atoms with Gasteiger partial charge in [-0.05, 0) is 42.9 Å². The number of halogens is 3. The number of benzene rings is 2. The highest BCUT2D eigenvalue weighted by Gasteiger charge is 2.33. The smallest absolute Gasteiger partial charge is 0.375 e. The maximum absolute atomic E-state index is 12.7. The van der Waals surface area contributed by atoms with Crippen LogP contribution >= 0.6 is 0 Å². The molecule has 0 radical (unpaired) electrons. The Bertz CT molecular complexity index is 1210. The van der Waals surface area contributed by atoms with Gasteiger partial charge >= 0.3 is 6.18 Å². The van der Waals surface area contributed by atoms with Gasteiger partial charge in [0.05, 0.1) is 15.5 Å². The molecule has 31 heavy (non-hydrogen) atoms. The molecular formula is C18H16F3N5O4S. The second kappa shape index (κ2) is 8.35. The SMILES string of the molecule is CNS(=O)(=O)c1ccc(NCc2ccc(-n3ccc(C(F)(F)F)n3)cc2)c([N+](=O)[O-])c1. The van der Waals surface area contributed by atoms with Crippen LogP contribution in [0, 0.1) is 10.1 Å². The molecule has 9 nitrogen and oxygen atoms in total. The minimum atomic E-state index is -4.54. The van der Waals surface area contributed by atoms with Gasteiger partial charge in [0.2, 0.25) is 10.0 Å². The van der Waals surface area contributed by atoms with Gasteiger partial charge in [0.15, 0.2) is 5.69 Å². The first-order valence-corrected chi connectivity index (χ1v) is 10.2. The number of nitrogens with one attached hydrogen (secondary N) is 2. The van der Waals surface area contributed by atoms with Crippen molar-refractivity contribution in [2.75, 3.05) is 12.4 Å². The number of hydrogen-bond acceptors (Lipinski definition) is 6. The largest absolute Gasteiger partial charge is 0.435 e. The van der Waals surface area contributed by atoms with Gasteiger partial charge < -0.3 is 5.32 Å². The monoisotopic (exact) mass is 455 g/mol. The van der Waals surface area contributed by atoms with Crippen LogP contribution in [0.4, 0.5) is 24.5 Å². The van der Waals surface area contributed by atoms with Crippen LogP contribution in [0.3, 0.4) is 0 Å². The Morgan fingerprint density at radius 3 is 2.35 bits per heavy atom. The van der Waals surface area contributed by atoms with Gasteiger partial charge in [0.1, 0.15) is 5.69 Å². The Kier molecular flexibility index (Phi) is 5.99. The van der Waals surface area contributed by atoms with E-state index >= 15 is 0 Å². The Morgan fingerprint density at radius 1 is 1.13 bits per heavy atom. The predicted molar refractivity (Wildman–Crippen MR) is 105 cm³/mol. The van der Waals surface area contributed by atoms with Crippen LogP contribution in [0.5, 0.6) is 0 Å². The lowest BCUT2D eigenvalue weighted by Crippen LogP contribution is -2.18. The highest BCUT2D eigenvalue weighted by atomic mass is 32.2. The Labute approximate surface area is 174 Å².